The molecule has 0 bridgehead atoms. The number of Topliss-reactive ketones (excluding diaryl/α,β-unsaturated/α-hetero) is 1. The van der Waals surface area contributed by atoms with E-state index in [1.165, 1.54) is 16.3 Å². The van der Waals surface area contributed by atoms with Crippen LogP contribution in [0, 0.1) is 0 Å². The number of aromatic nitrogens is 4. The number of hydrogen-bond donors (Lipinski definition) is 0. The zero-order chi connectivity index (χ0) is 20.2. The number of carbonyl (C=O) groups is 1. The average molecular weight is 406 g/mol. The summed E-state index contributed by atoms with van der Waals surface area (Å²) in [4.78, 5) is 25.1. The molecule has 0 aliphatic rings. The minimum absolute atomic E-state index is 0.00456. The van der Waals surface area contributed by atoms with Gasteiger partial charge in [-0.05, 0) is 31.2 Å². The molecular formula is C21H18N4O3S. The van der Waals surface area contributed by atoms with E-state index < -0.39 is 0 Å². The van der Waals surface area contributed by atoms with Gasteiger partial charge in [-0.3, -0.25) is 18.6 Å². The van der Waals surface area contributed by atoms with E-state index in [4.69, 9.17) is 4.74 Å². The van der Waals surface area contributed by atoms with Gasteiger partial charge in [0.05, 0.1) is 12.4 Å². The summed E-state index contributed by atoms with van der Waals surface area (Å²) in [7, 11) is 0. The molecule has 0 saturated carbocycles. The lowest BCUT2D eigenvalue weighted by Crippen LogP contribution is -2.20. The third-order valence-electron chi connectivity index (χ3n) is 4.29. The van der Waals surface area contributed by atoms with Crippen LogP contribution in [0.3, 0.4) is 0 Å². The summed E-state index contributed by atoms with van der Waals surface area (Å²) in [5.74, 6) is 0.956. The van der Waals surface area contributed by atoms with Crippen LogP contribution in [0.15, 0.2) is 76.9 Å². The number of hydrogen-bond acceptors (Lipinski definition) is 6. The molecule has 7 nitrogen and oxygen atoms in total. The van der Waals surface area contributed by atoms with Crippen LogP contribution in [-0.4, -0.2) is 37.3 Å². The second-order valence-electron chi connectivity index (χ2n) is 6.15. The molecule has 29 heavy (non-hydrogen) atoms. The van der Waals surface area contributed by atoms with Gasteiger partial charge in [0.25, 0.3) is 0 Å². The van der Waals surface area contributed by atoms with Crippen LogP contribution in [0.25, 0.3) is 11.3 Å². The molecule has 0 atom stereocenters. The summed E-state index contributed by atoms with van der Waals surface area (Å²) in [6, 6.07) is 16.3. The van der Waals surface area contributed by atoms with Crippen molar-refractivity contribution in [3.8, 4) is 11.4 Å². The van der Waals surface area contributed by atoms with Crippen molar-refractivity contribution >= 4 is 23.2 Å². The van der Waals surface area contributed by atoms with Crippen molar-refractivity contribution < 1.29 is 9.53 Å². The van der Waals surface area contributed by atoms with E-state index in [1.54, 1.807) is 28.9 Å². The maximum Gasteiger partial charge on any atom is 0.300 e. The van der Waals surface area contributed by atoms with Crippen LogP contribution < -0.4 is 10.3 Å². The first-order valence-electron chi connectivity index (χ1n) is 9.08. The number of ether oxygens (including phenoxy) is 1. The van der Waals surface area contributed by atoms with Gasteiger partial charge in [-0.1, -0.05) is 42.1 Å². The normalized spacial score (nSPS) is 10.9. The maximum absolute atomic E-state index is 12.8. The molecule has 0 saturated heterocycles. The topological polar surface area (TPSA) is 78.5 Å². The van der Waals surface area contributed by atoms with Gasteiger partial charge in [0.2, 0.25) is 5.65 Å². The molecule has 0 unspecified atom stereocenters. The zero-order valence-corrected chi connectivity index (χ0v) is 16.5. The minimum atomic E-state index is -0.287. The molecule has 0 amide bonds. The van der Waals surface area contributed by atoms with Crippen molar-refractivity contribution in [1.29, 1.82) is 0 Å². The Kier molecular flexibility index (Phi) is 5.44. The number of nitrogens with zero attached hydrogens (tertiary/aromatic N) is 4. The van der Waals surface area contributed by atoms with Gasteiger partial charge >= 0.3 is 5.56 Å². The number of benzene rings is 2. The summed E-state index contributed by atoms with van der Waals surface area (Å²) < 4.78 is 8.55. The fraction of sp³-hybridized carbons (Fsp3) is 0.143. The Bertz CT molecular complexity index is 1200. The predicted molar refractivity (Wildman–Crippen MR) is 111 cm³/mol. The first kappa shape index (κ1) is 18.9. The highest BCUT2D eigenvalue weighted by atomic mass is 32.2. The minimum Gasteiger partial charge on any atom is -0.494 e. The van der Waals surface area contributed by atoms with E-state index in [0.717, 1.165) is 5.75 Å². The number of ketones is 1. The molecule has 0 N–H and O–H groups in total. The van der Waals surface area contributed by atoms with Crippen molar-refractivity contribution in [1.82, 2.24) is 19.2 Å². The molecule has 4 aromatic rings. The Hall–Kier alpha value is -3.39. The van der Waals surface area contributed by atoms with Crippen LogP contribution in [0.2, 0.25) is 0 Å². The van der Waals surface area contributed by atoms with Gasteiger partial charge in [0.1, 0.15) is 5.75 Å². The van der Waals surface area contributed by atoms with Gasteiger partial charge in [-0.15, -0.1) is 10.2 Å². The quantitative estimate of drug-likeness (QED) is 0.346. The number of rotatable bonds is 7. The molecule has 4 rings (SSSR count). The first-order chi connectivity index (χ1) is 14.2. The van der Waals surface area contributed by atoms with Crippen LogP contribution in [0.5, 0.6) is 5.75 Å². The molecule has 0 aliphatic carbocycles. The van der Waals surface area contributed by atoms with Gasteiger partial charge in [0.15, 0.2) is 10.9 Å². The summed E-state index contributed by atoms with van der Waals surface area (Å²) in [5, 5.41) is 8.61. The van der Waals surface area contributed by atoms with Crippen molar-refractivity contribution in [3.63, 3.8) is 0 Å². The molecule has 146 valence electrons. The van der Waals surface area contributed by atoms with E-state index in [2.05, 4.69) is 10.2 Å². The molecule has 2 heterocycles. The average Bonchev–Trinajstić information content (AvgIpc) is 3.18. The number of thioether (sulfide) groups is 1. The first-order valence-corrected chi connectivity index (χ1v) is 10.1. The fourth-order valence-corrected chi connectivity index (χ4v) is 3.69. The second kappa shape index (κ2) is 8.32. The van der Waals surface area contributed by atoms with Crippen molar-refractivity contribution in [2.45, 2.75) is 12.1 Å². The van der Waals surface area contributed by atoms with Gasteiger partial charge in [0, 0.05) is 23.6 Å². The summed E-state index contributed by atoms with van der Waals surface area (Å²) >= 11 is 1.25. The maximum atomic E-state index is 12.8. The molecule has 0 aliphatic heterocycles. The zero-order valence-electron chi connectivity index (χ0n) is 15.7. The van der Waals surface area contributed by atoms with Gasteiger partial charge in [-0.2, -0.15) is 0 Å². The Morgan fingerprint density at radius 1 is 1.03 bits per heavy atom. The van der Waals surface area contributed by atoms with Gasteiger partial charge < -0.3 is 4.74 Å². The standard InChI is InChI=1S/C21H18N4O3S/c1-2-28-17-10-8-16(9-11-17)24-12-13-25-19(20(24)27)22-23-21(25)29-14-18(26)15-6-4-3-5-7-15/h3-13H,2,14H2,1H3. The molecule has 2 aromatic heterocycles. The van der Waals surface area contributed by atoms with E-state index in [0.29, 0.717) is 23.0 Å². The van der Waals surface area contributed by atoms with E-state index in [1.807, 2.05) is 49.4 Å². The molecular weight excluding hydrogens is 388 g/mol. The molecule has 0 spiro atoms. The van der Waals surface area contributed by atoms with Crippen molar-refractivity contribution in [2.24, 2.45) is 0 Å². The third kappa shape index (κ3) is 3.93. The van der Waals surface area contributed by atoms with Gasteiger partial charge in [-0.25, -0.2) is 0 Å². The van der Waals surface area contributed by atoms with E-state index >= 15 is 0 Å². The largest absolute Gasteiger partial charge is 0.494 e. The third-order valence-corrected chi connectivity index (χ3v) is 5.24. The lowest BCUT2D eigenvalue weighted by atomic mass is 10.2. The monoisotopic (exact) mass is 406 g/mol. The second-order valence-corrected chi connectivity index (χ2v) is 7.10. The van der Waals surface area contributed by atoms with Crippen LogP contribution in [-0.2, 0) is 0 Å². The summed E-state index contributed by atoms with van der Waals surface area (Å²) in [6.45, 7) is 2.50. The smallest absolute Gasteiger partial charge is 0.300 e. The van der Waals surface area contributed by atoms with Crippen LogP contribution >= 0.6 is 11.8 Å². The predicted octanol–water partition coefficient (Wildman–Crippen LogP) is 3.25. The highest BCUT2D eigenvalue weighted by Gasteiger charge is 2.14. The highest BCUT2D eigenvalue weighted by Crippen LogP contribution is 2.18. The molecule has 8 heteroatoms. The number of fused-ring (bicyclic) bond motifs is 1. The number of carbonyl (C=O) groups excluding carboxylic acids is 1. The Morgan fingerprint density at radius 3 is 2.52 bits per heavy atom. The van der Waals surface area contributed by atoms with Crippen LogP contribution in [0.4, 0.5) is 0 Å². The molecule has 0 fully saturated rings. The highest BCUT2D eigenvalue weighted by molar-refractivity contribution is 7.99. The molecule has 2 aromatic carbocycles. The van der Waals surface area contributed by atoms with Crippen molar-refractivity contribution in [2.75, 3.05) is 12.4 Å². The van der Waals surface area contributed by atoms with E-state index in [-0.39, 0.29) is 22.7 Å². The van der Waals surface area contributed by atoms with Crippen molar-refractivity contribution in [3.05, 3.63) is 82.9 Å². The van der Waals surface area contributed by atoms with Crippen LogP contribution in [0.1, 0.15) is 17.3 Å². The Morgan fingerprint density at radius 2 is 1.79 bits per heavy atom. The summed E-state index contributed by atoms with van der Waals surface area (Å²) in [5.41, 5.74) is 1.27. The fourth-order valence-electron chi connectivity index (χ4n) is 2.87. The lowest BCUT2D eigenvalue weighted by Gasteiger charge is -2.08. The summed E-state index contributed by atoms with van der Waals surface area (Å²) in [6.07, 6.45) is 3.39. The molecule has 0 radical (unpaired) electrons. The SMILES string of the molecule is CCOc1ccc(-n2ccn3c(SCC(=O)c4ccccc4)nnc3c2=O)cc1. The van der Waals surface area contributed by atoms with E-state index in [9.17, 15) is 9.59 Å². The Labute approximate surface area is 171 Å². The lowest BCUT2D eigenvalue weighted by molar-refractivity contribution is 0.102. The Balaban J connectivity index is 1.57.